The predicted molar refractivity (Wildman–Crippen MR) is 103 cm³/mol. The molecule has 0 aliphatic heterocycles. The molecule has 2 heterocycles. The van der Waals surface area contributed by atoms with Crippen molar-refractivity contribution in [3.8, 4) is 28.5 Å². The molecule has 0 unspecified atom stereocenters. The van der Waals surface area contributed by atoms with Gasteiger partial charge in [0.25, 0.3) is 0 Å². The zero-order valence-electron chi connectivity index (χ0n) is 12.2. The highest BCUT2D eigenvalue weighted by atomic mass is 79.9. The molecule has 3 nitrogen and oxygen atoms in total. The lowest BCUT2D eigenvalue weighted by Crippen LogP contribution is -1.87. The van der Waals surface area contributed by atoms with E-state index in [1.165, 1.54) is 0 Å². The van der Waals surface area contributed by atoms with Crippen LogP contribution in [-0.2, 0) is 6.42 Å². The van der Waals surface area contributed by atoms with Gasteiger partial charge in [-0.1, -0.05) is 24.3 Å². The van der Waals surface area contributed by atoms with Crippen LogP contribution in [0, 0.1) is 11.3 Å². The second-order valence-corrected chi connectivity index (χ2v) is 4.70. The topological polar surface area (TPSA) is 49.6 Å². The summed E-state index contributed by atoms with van der Waals surface area (Å²) >= 11 is 0. The Labute approximate surface area is 156 Å². The number of halogens is 2. The Kier molecular flexibility index (Phi) is 7.60. The van der Waals surface area contributed by atoms with Gasteiger partial charge in [0.2, 0.25) is 0 Å². The van der Waals surface area contributed by atoms with Crippen LogP contribution in [0.4, 0.5) is 0 Å². The van der Waals surface area contributed by atoms with Crippen LogP contribution < -0.4 is 0 Å². The minimum Gasteiger partial charge on any atom is -0.265 e. The monoisotopic (exact) mass is 431 g/mol. The van der Waals surface area contributed by atoms with Crippen molar-refractivity contribution in [2.75, 3.05) is 0 Å². The Hall–Kier alpha value is -2.03. The van der Waals surface area contributed by atoms with E-state index in [1.54, 1.807) is 12.4 Å². The third-order valence-electron chi connectivity index (χ3n) is 3.31. The Morgan fingerprint density at radius 1 is 0.783 bits per heavy atom. The number of aromatic nitrogens is 2. The quantitative estimate of drug-likeness (QED) is 0.582. The molecule has 0 amide bonds. The summed E-state index contributed by atoms with van der Waals surface area (Å²) in [5, 5.41) is 8.70. The van der Waals surface area contributed by atoms with Crippen molar-refractivity contribution < 1.29 is 0 Å². The molecule has 0 spiro atoms. The van der Waals surface area contributed by atoms with Gasteiger partial charge in [0, 0.05) is 24.2 Å². The van der Waals surface area contributed by atoms with Gasteiger partial charge in [0.1, 0.15) is 0 Å². The third-order valence-corrected chi connectivity index (χ3v) is 3.31. The molecule has 3 rings (SSSR count). The third kappa shape index (κ3) is 4.72. The maximum atomic E-state index is 8.70. The van der Waals surface area contributed by atoms with E-state index in [0.29, 0.717) is 6.42 Å². The van der Waals surface area contributed by atoms with Gasteiger partial charge in [0.05, 0.1) is 18.2 Å². The highest BCUT2D eigenvalue weighted by Crippen LogP contribution is 2.24. The maximum Gasteiger partial charge on any atom is 0.0708 e. The van der Waals surface area contributed by atoms with Crippen LogP contribution in [0.25, 0.3) is 22.4 Å². The van der Waals surface area contributed by atoms with Gasteiger partial charge in [0.15, 0.2) is 0 Å². The van der Waals surface area contributed by atoms with E-state index >= 15 is 0 Å². The average Bonchev–Trinajstić information content (AvgIpc) is 2.57. The summed E-state index contributed by atoms with van der Waals surface area (Å²) in [6, 6.07) is 18.1. The van der Waals surface area contributed by atoms with Crippen molar-refractivity contribution in [3.63, 3.8) is 0 Å². The van der Waals surface area contributed by atoms with Gasteiger partial charge in [-0.2, -0.15) is 5.26 Å². The summed E-state index contributed by atoms with van der Waals surface area (Å²) in [7, 11) is 0. The first-order valence-electron chi connectivity index (χ1n) is 6.69. The highest BCUT2D eigenvalue weighted by molar-refractivity contribution is 8.93. The number of nitriles is 1. The Bertz CT molecular complexity index is 781. The second-order valence-electron chi connectivity index (χ2n) is 4.70. The van der Waals surface area contributed by atoms with E-state index in [0.717, 1.165) is 27.9 Å². The van der Waals surface area contributed by atoms with Crippen LogP contribution in [0.3, 0.4) is 0 Å². The smallest absolute Gasteiger partial charge is 0.0708 e. The summed E-state index contributed by atoms with van der Waals surface area (Å²) < 4.78 is 0. The molecule has 0 fully saturated rings. The zero-order chi connectivity index (χ0) is 14.5. The fourth-order valence-corrected chi connectivity index (χ4v) is 2.20. The summed E-state index contributed by atoms with van der Waals surface area (Å²) in [5.41, 5.74) is 5.23. The molecule has 0 saturated carbocycles. The molecular weight excluding hydrogens is 418 g/mol. The lowest BCUT2D eigenvalue weighted by Gasteiger charge is -2.05. The first-order chi connectivity index (χ1) is 10.4. The van der Waals surface area contributed by atoms with Gasteiger partial charge in [-0.05, 0) is 41.0 Å². The number of benzene rings is 1. The molecule has 0 saturated heterocycles. The zero-order valence-corrected chi connectivity index (χ0v) is 15.6. The molecule has 0 N–H and O–H groups in total. The van der Waals surface area contributed by atoms with E-state index in [1.807, 2.05) is 48.7 Å². The second kappa shape index (κ2) is 9.19. The van der Waals surface area contributed by atoms with E-state index in [4.69, 9.17) is 5.26 Å². The molecule has 3 aromatic rings. The first kappa shape index (κ1) is 19.0. The van der Waals surface area contributed by atoms with Crippen LogP contribution in [0.2, 0.25) is 0 Å². The molecule has 116 valence electrons. The van der Waals surface area contributed by atoms with Crippen molar-refractivity contribution in [2.24, 2.45) is 0 Å². The molecule has 0 atom stereocenters. The van der Waals surface area contributed by atoms with Gasteiger partial charge in [-0.25, -0.2) is 0 Å². The largest absolute Gasteiger partial charge is 0.265 e. The molecular formula is C18H15Br2N3. The van der Waals surface area contributed by atoms with Gasteiger partial charge < -0.3 is 0 Å². The van der Waals surface area contributed by atoms with E-state index in [2.05, 4.69) is 22.1 Å². The maximum absolute atomic E-state index is 8.70. The van der Waals surface area contributed by atoms with Crippen LogP contribution >= 0.6 is 34.0 Å². The van der Waals surface area contributed by atoms with Gasteiger partial charge in [-0.15, -0.1) is 34.0 Å². The van der Waals surface area contributed by atoms with Crippen LogP contribution in [0.1, 0.15) is 5.56 Å². The number of rotatable bonds is 3. The summed E-state index contributed by atoms with van der Waals surface area (Å²) in [4.78, 5) is 8.47. The molecule has 0 radical (unpaired) electrons. The van der Waals surface area contributed by atoms with E-state index in [9.17, 15) is 0 Å². The summed E-state index contributed by atoms with van der Waals surface area (Å²) in [6.07, 6.45) is 5.82. The molecule has 1 aromatic carbocycles. The highest BCUT2D eigenvalue weighted by Gasteiger charge is 2.03. The van der Waals surface area contributed by atoms with Crippen molar-refractivity contribution in [2.45, 2.75) is 6.42 Å². The minimum absolute atomic E-state index is 0. The number of hydrogen-bond donors (Lipinski definition) is 0. The minimum atomic E-state index is 0. The molecule has 0 bridgehead atoms. The van der Waals surface area contributed by atoms with Crippen LogP contribution in [0.5, 0.6) is 0 Å². The fraction of sp³-hybridized carbons (Fsp3) is 0.0556. The SMILES string of the molecule is Br.Br.N#CCc1ccc(-c2cc(-c3ccncc3)ccn2)cc1. The molecule has 2 aromatic heterocycles. The average molecular weight is 433 g/mol. The van der Waals surface area contributed by atoms with E-state index in [-0.39, 0.29) is 34.0 Å². The fourth-order valence-electron chi connectivity index (χ4n) is 2.20. The predicted octanol–water partition coefficient (Wildman–Crippen LogP) is 5.03. The summed E-state index contributed by atoms with van der Waals surface area (Å²) in [6.45, 7) is 0. The number of hydrogen-bond acceptors (Lipinski definition) is 3. The standard InChI is InChI=1S/C18H13N3.2BrH/c19-9-5-14-1-3-16(4-2-14)18-13-17(8-12-21-18)15-6-10-20-11-7-15;;/h1-4,6-8,10-13H,5H2;2*1H. The lowest BCUT2D eigenvalue weighted by atomic mass is 10.0. The van der Waals surface area contributed by atoms with E-state index < -0.39 is 0 Å². The van der Waals surface area contributed by atoms with Crippen LogP contribution in [0.15, 0.2) is 67.1 Å². The number of nitrogens with zero attached hydrogens (tertiary/aromatic N) is 3. The molecule has 23 heavy (non-hydrogen) atoms. The molecule has 5 heteroatoms. The van der Waals surface area contributed by atoms with Crippen molar-refractivity contribution in [1.82, 2.24) is 9.97 Å². The molecule has 0 aliphatic carbocycles. The van der Waals surface area contributed by atoms with Gasteiger partial charge in [-0.3, -0.25) is 9.97 Å². The van der Waals surface area contributed by atoms with Crippen molar-refractivity contribution in [1.29, 1.82) is 5.26 Å². The first-order valence-corrected chi connectivity index (χ1v) is 6.69. The van der Waals surface area contributed by atoms with Crippen LogP contribution in [-0.4, -0.2) is 9.97 Å². The normalized spacial score (nSPS) is 9.17. The molecule has 0 aliphatic rings. The van der Waals surface area contributed by atoms with Gasteiger partial charge >= 0.3 is 0 Å². The Morgan fingerprint density at radius 3 is 2.09 bits per heavy atom. The summed E-state index contributed by atoms with van der Waals surface area (Å²) in [5.74, 6) is 0. The number of pyridine rings is 2. The van der Waals surface area contributed by atoms with Crippen molar-refractivity contribution in [3.05, 3.63) is 72.7 Å². The lowest BCUT2D eigenvalue weighted by molar-refractivity contribution is 1.26. The Balaban J connectivity index is 0.00000132. The Morgan fingerprint density at radius 2 is 1.43 bits per heavy atom. The van der Waals surface area contributed by atoms with Crippen molar-refractivity contribution >= 4 is 34.0 Å².